The topological polar surface area (TPSA) is 105 Å². The predicted molar refractivity (Wildman–Crippen MR) is 142 cm³/mol. The first-order valence-corrected chi connectivity index (χ1v) is 14.4. The molecule has 0 spiro atoms. The lowest BCUT2D eigenvalue weighted by Gasteiger charge is -2.33. The monoisotopic (exact) mass is 532 g/mol. The van der Waals surface area contributed by atoms with Gasteiger partial charge in [0.05, 0.1) is 29.7 Å². The van der Waals surface area contributed by atoms with Crippen molar-refractivity contribution >= 4 is 16.1 Å². The van der Waals surface area contributed by atoms with E-state index < -0.39 is 33.9 Å². The van der Waals surface area contributed by atoms with Crippen molar-refractivity contribution in [2.75, 3.05) is 6.54 Å². The SMILES string of the molecule is Cc1ccc(S(=O)(=O)N(C[C@@H](O)[C@H](Cc2ccccc2)NC(=O)OC(C)(C)C)OC2CCCCC2)cc1. The Morgan fingerprint density at radius 2 is 1.68 bits per heavy atom. The number of carbonyl (C=O) groups excluding carboxylic acids is 1. The fourth-order valence-electron chi connectivity index (χ4n) is 4.25. The molecule has 1 fully saturated rings. The van der Waals surface area contributed by atoms with Gasteiger partial charge in [0.2, 0.25) is 0 Å². The Kier molecular flexibility index (Phi) is 10.1. The van der Waals surface area contributed by atoms with Crippen LogP contribution in [-0.2, 0) is 26.0 Å². The number of hydroxylamine groups is 1. The van der Waals surface area contributed by atoms with E-state index in [9.17, 15) is 18.3 Å². The Hall–Kier alpha value is -2.46. The number of sulfonamides is 1. The maximum absolute atomic E-state index is 13.6. The second kappa shape index (κ2) is 12.9. The number of hydrogen-bond donors (Lipinski definition) is 2. The van der Waals surface area contributed by atoms with E-state index >= 15 is 0 Å². The zero-order valence-electron chi connectivity index (χ0n) is 22.2. The zero-order chi connectivity index (χ0) is 27.1. The fourth-order valence-corrected chi connectivity index (χ4v) is 5.55. The number of aliphatic hydroxyl groups excluding tert-OH is 1. The van der Waals surface area contributed by atoms with Gasteiger partial charge in [-0.1, -0.05) is 71.8 Å². The van der Waals surface area contributed by atoms with Crippen LogP contribution in [-0.4, -0.2) is 54.5 Å². The highest BCUT2D eigenvalue weighted by molar-refractivity contribution is 7.89. The lowest BCUT2D eigenvalue weighted by atomic mass is 9.98. The van der Waals surface area contributed by atoms with E-state index in [1.807, 2.05) is 37.3 Å². The molecule has 2 aromatic rings. The van der Waals surface area contributed by atoms with Gasteiger partial charge in [-0.15, -0.1) is 0 Å². The quantitative estimate of drug-likeness (QED) is 0.428. The summed E-state index contributed by atoms with van der Waals surface area (Å²) in [7, 11) is -4.07. The van der Waals surface area contributed by atoms with Gasteiger partial charge in [0.25, 0.3) is 10.0 Å². The largest absolute Gasteiger partial charge is 0.444 e. The number of nitrogens with zero attached hydrogens (tertiary/aromatic N) is 1. The van der Waals surface area contributed by atoms with Crippen LogP contribution in [0, 0.1) is 6.92 Å². The Balaban J connectivity index is 1.86. The number of aliphatic hydroxyl groups is 1. The maximum atomic E-state index is 13.6. The van der Waals surface area contributed by atoms with Crippen LogP contribution in [0.3, 0.4) is 0 Å². The summed E-state index contributed by atoms with van der Waals surface area (Å²) in [6.07, 6.45) is 2.58. The first-order valence-electron chi connectivity index (χ1n) is 12.9. The van der Waals surface area contributed by atoms with Crippen LogP contribution in [0.1, 0.15) is 64.0 Å². The van der Waals surface area contributed by atoms with Crippen LogP contribution < -0.4 is 5.32 Å². The van der Waals surface area contributed by atoms with Crippen LogP contribution in [0.25, 0.3) is 0 Å². The second-order valence-corrected chi connectivity index (χ2v) is 12.5. The van der Waals surface area contributed by atoms with Gasteiger partial charge in [0, 0.05) is 0 Å². The first-order chi connectivity index (χ1) is 17.4. The minimum Gasteiger partial charge on any atom is -0.444 e. The van der Waals surface area contributed by atoms with E-state index in [1.165, 1.54) is 12.1 Å². The molecule has 1 aliphatic carbocycles. The molecule has 1 saturated carbocycles. The molecule has 1 amide bonds. The number of carbonyl (C=O) groups is 1. The number of nitrogens with one attached hydrogen (secondary N) is 1. The van der Waals surface area contributed by atoms with Gasteiger partial charge in [-0.25, -0.2) is 13.2 Å². The summed E-state index contributed by atoms with van der Waals surface area (Å²) < 4.78 is 33.6. The Morgan fingerprint density at radius 3 is 2.27 bits per heavy atom. The molecule has 8 nitrogen and oxygen atoms in total. The number of aryl methyl sites for hydroxylation is 1. The molecule has 0 heterocycles. The number of ether oxygens (including phenoxy) is 1. The first kappa shape index (κ1) is 29.1. The number of alkyl carbamates (subject to hydrolysis) is 1. The smallest absolute Gasteiger partial charge is 0.407 e. The molecule has 1 aliphatic rings. The molecule has 0 saturated heterocycles. The minimum atomic E-state index is -4.07. The minimum absolute atomic E-state index is 0.0841. The third kappa shape index (κ3) is 9.10. The molecule has 0 aliphatic heterocycles. The Morgan fingerprint density at radius 1 is 1.05 bits per heavy atom. The summed E-state index contributed by atoms with van der Waals surface area (Å²) in [5.41, 5.74) is 1.09. The zero-order valence-corrected chi connectivity index (χ0v) is 23.0. The fraction of sp³-hybridized carbons (Fsp3) is 0.536. The molecule has 2 aromatic carbocycles. The highest BCUT2D eigenvalue weighted by Crippen LogP contribution is 2.25. The van der Waals surface area contributed by atoms with Gasteiger partial charge >= 0.3 is 6.09 Å². The van der Waals surface area contributed by atoms with Crippen LogP contribution in [0.2, 0.25) is 0 Å². The highest BCUT2D eigenvalue weighted by Gasteiger charge is 2.34. The van der Waals surface area contributed by atoms with Crippen LogP contribution >= 0.6 is 0 Å². The van der Waals surface area contributed by atoms with Crippen molar-refractivity contribution in [1.82, 2.24) is 9.79 Å². The predicted octanol–water partition coefficient (Wildman–Crippen LogP) is 4.75. The summed E-state index contributed by atoms with van der Waals surface area (Å²) in [4.78, 5) is 18.7. The molecular formula is C28H40N2O6S. The Bertz CT molecular complexity index is 1090. The van der Waals surface area contributed by atoms with E-state index in [2.05, 4.69) is 5.32 Å². The molecule has 204 valence electrons. The summed E-state index contributed by atoms with van der Waals surface area (Å²) in [6.45, 7) is 6.79. The van der Waals surface area contributed by atoms with Crippen LogP contribution in [0.15, 0.2) is 59.5 Å². The third-order valence-electron chi connectivity index (χ3n) is 6.21. The summed E-state index contributed by atoms with van der Waals surface area (Å²) in [6, 6.07) is 15.1. The number of benzene rings is 2. The molecule has 0 radical (unpaired) electrons. The third-order valence-corrected chi connectivity index (χ3v) is 7.85. The molecule has 37 heavy (non-hydrogen) atoms. The van der Waals surface area contributed by atoms with Crippen molar-refractivity contribution in [1.29, 1.82) is 0 Å². The summed E-state index contributed by atoms with van der Waals surface area (Å²) in [5.74, 6) is 0. The molecule has 3 rings (SSSR count). The number of rotatable bonds is 10. The van der Waals surface area contributed by atoms with Gasteiger partial charge < -0.3 is 15.2 Å². The standard InChI is InChI=1S/C28H40N2O6S/c1-21-15-17-24(18-16-21)37(33,34)30(36-23-13-9-6-10-14-23)20-26(31)25(19-22-11-7-5-8-12-22)29-27(32)35-28(2,3)4/h5,7-8,11-12,15-18,23,25-26,31H,6,9-10,13-14,19-20H2,1-4H3,(H,29,32)/t25-,26+/m0/s1. The van der Waals surface area contributed by atoms with E-state index in [4.69, 9.17) is 9.57 Å². The summed E-state index contributed by atoms with van der Waals surface area (Å²) in [5, 5.41) is 14.1. The molecular weight excluding hydrogens is 492 g/mol. The van der Waals surface area contributed by atoms with Crippen LogP contribution in [0.4, 0.5) is 4.79 Å². The normalized spacial score (nSPS) is 16.8. The van der Waals surface area contributed by atoms with Crippen molar-refractivity contribution in [3.63, 3.8) is 0 Å². The maximum Gasteiger partial charge on any atom is 0.407 e. The van der Waals surface area contributed by atoms with Gasteiger partial charge in [0.1, 0.15) is 5.60 Å². The number of amides is 1. The summed E-state index contributed by atoms with van der Waals surface area (Å²) >= 11 is 0. The molecule has 9 heteroatoms. The molecule has 0 unspecified atom stereocenters. The van der Waals surface area contributed by atoms with E-state index in [0.29, 0.717) is 0 Å². The van der Waals surface area contributed by atoms with Crippen LogP contribution in [0.5, 0.6) is 0 Å². The lowest BCUT2D eigenvalue weighted by Crippen LogP contribution is -2.52. The van der Waals surface area contributed by atoms with Crippen molar-refractivity contribution in [2.45, 2.75) is 95.0 Å². The molecule has 2 atom stereocenters. The van der Waals surface area contributed by atoms with Gasteiger partial charge in [-0.05, 0) is 64.7 Å². The van der Waals surface area contributed by atoms with Crippen molar-refractivity contribution in [3.8, 4) is 0 Å². The van der Waals surface area contributed by atoms with Crippen molar-refractivity contribution in [3.05, 3.63) is 65.7 Å². The van der Waals surface area contributed by atoms with Gasteiger partial charge in [-0.2, -0.15) is 0 Å². The van der Waals surface area contributed by atoms with Crippen molar-refractivity contribution < 1.29 is 27.9 Å². The lowest BCUT2D eigenvalue weighted by molar-refractivity contribution is -0.156. The average Bonchev–Trinajstić information content (AvgIpc) is 2.83. The number of hydrogen-bond acceptors (Lipinski definition) is 6. The van der Waals surface area contributed by atoms with Gasteiger partial charge in [-0.3, -0.25) is 4.84 Å². The van der Waals surface area contributed by atoms with E-state index in [1.54, 1.807) is 32.9 Å². The average molecular weight is 533 g/mol. The second-order valence-electron chi connectivity index (χ2n) is 10.7. The van der Waals surface area contributed by atoms with Crippen molar-refractivity contribution in [2.24, 2.45) is 0 Å². The Labute approximate surface area is 221 Å². The van der Waals surface area contributed by atoms with Gasteiger partial charge in [0.15, 0.2) is 0 Å². The molecule has 0 bridgehead atoms. The van der Waals surface area contributed by atoms with E-state index in [0.717, 1.165) is 47.7 Å². The highest BCUT2D eigenvalue weighted by atomic mass is 32.2. The molecule has 0 aromatic heterocycles. The molecule has 2 N–H and O–H groups in total. The van der Waals surface area contributed by atoms with E-state index in [-0.39, 0.29) is 24.0 Å².